The molecule has 0 saturated carbocycles. The summed E-state index contributed by atoms with van der Waals surface area (Å²) in [7, 11) is 2.21. The van der Waals surface area contributed by atoms with Crippen molar-refractivity contribution in [2.24, 2.45) is 5.92 Å². The van der Waals surface area contributed by atoms with Gasteiger partial charge in [0.25, 0.3) is 0 Å². The zero-order valence-electron chi connectivity index (χ0n) is 9.51. The average Bonchev–Trinajstić information content (AvgIpc) is 2.47. The molecule has 0 aliphatic carbocycles. The van der Waals surface area contributed by atoms with Crippen LogP contribution in [0, 0.1) is 5.92 Å². The molecule has 0 aromatic rings. The highest BCUT2D eigenvalue weighted by atomic mass is 15.1. The predicted molar refractivity (Wildman–Crippen MR) is 58.0 cm³/mol. The Kier molecular flexibility index (Phi) is 4.20. The van der Waals surface area contributed by atoms with Gasteiger partial charge in [0, 0.05) is 12.1 Å². The van der Waals surface area contributed by atoms with Crippen molar-refractivity contribution in [1.82, 2.24) is 10.2 Å². The Morgan fingerprint density at radius 1 is 1.46 bits per heavy atom. The van der Waals surface area contributed by atoms with Gasteiger partial charge in [0.05, 0.1) is 0 Å². The second-order valence-electron chi connectivity index (χ2n) is 4.81. The van der Waals surface area contributed by atoms with E-state index in [2.05, 4.69) is 38.0 Å². The highest BCUT2D eigenvalue weighted by Gasteiger charge is 2.20. The van der Waals surface area contributed by atoms with Gasteiger partial charge in [0.15, 0.2) is 0 Å². The summed E-state index contributed by atoms with van der Waals surface area (Å²) in [6.07, 6.45) is 2.67. The molecule has 13 heavy (non-hydrogen) atoms. The second-order valence-corrected chi connectivity index (χ2v) is 4.81. The fourth-order valence-corrected chi connectivity index (χ4v) is 1.86. The van der Waals surface area contributed by atoms with Crippen molar-refractivity contribution in [2.45, 2.75) is 45.7 Å². The molecular weight excluding hydrogens is 160 g/mol. The lowest BCUT2D eigenvalue weighted by Crippen LogP contribution is -2.32. The summed E-state index contributed by atoms with van der Waals surface area (Å²) < 4.78 is 0. The maximum absolute atomic E-state index is 3.57. The standard InChI is InChI=1S/C11H24N2/c1-9(2)13(4)6-5-11-7-10(3)8-12-11/h9-12H,5-8H2,1-4H3. The summed E-state index contributed by atoms with van der Waals surface area (Å²) in [6.45, 7) is 9.28. The van der Waals surface area contributed by atoms with Gasteiger partial charge < -0.3 is 10.2 Å². The van der Waals surface area contributed by atoms with Gasteiger partial charge in [0.2, 0.25) is 0 Å². The number of hydrogen-bond donors (Lipinski definition) is 1. The summed E-state index contributed by atoms with van der Waals surface area (Å²) in [5.74, 6) is 0.884. The van der Waals surface area contributed by atoms with Crippen molar-refractivity contribution in [2.75, 3.05) is 20.1 Å². The van der Waals surface area contributed by atoms with Crippen LogP contribution < -0.4 is 5.32 Å². The molecule has 1 fully saturated rings. The number of nitrogens with one attached hydrogen (secondary N) is 1. The SMILES string of the molecule is CC1CNC(CCN(C)C(C)C)C1. The van der Waals surface area contributed by atoms with Crippen molar-refractivity contribution in [3.8, 4) is 0 Å². The molecule has 2 unspecified atom stereocenters. The van der Waals surface area contributed by atoms with Crippen LogP contribution in [0.5, 0.6) is 0 Å². The summed E-state index contributed by atoms with van der Waals surface area (Å²) >= 11 is 0. The summed E-state index contributed by atoms with van der Waals surface area (Å²) in [5, 5.41) is 3.57. The quantitative estimate of drug-likeness (QED) is 0.715. The van der Waals surface area contributed by atoms with Gasteiger partial charge in [-0.2, -0.15) is 0 Å². The minimum atomic E-state index is 0.679. The molecule has 1 rings (SSSR count). The molecule has 0 aromatic heterocycles. The van der Waals surface area contributed by atoms with Crippen LogP contribution >= 0.6 is 0 Å². The highest BCUT2D eigenvalue weighted by molar-refractivity contribution is 4.79. The second kappa shape index (κ2) is 4.97. The van der Waals surface area contributed by atoms with E-state index in [1.165, 1.54) is 25.9 Å². The van der Waals surface area contributed by atoms with Gasteiger partial charge in [-0.1, -0.05) is 6.92 Å². The van der Waals surface area contributed by atoms with E-state index in [9.17, 15) is 0 Å². The van der Waals surface area contributed by atoms with Gasteiger partial charge in [-0.15, -0.1) is 0 Å². The van der Waals surface area contributed by atoms with Gasteiger partial charge in [-0.3, -0.25) is 0 Å². The van der Waals surface area contributed by atoms with Crippen LogP contribution in [0.4, 0.5) is 0 Å². The fraction of sp³-hybridized carbons (Fsp3) is 1.00. The van der Waals surface area contributed by atoms with Crippen LogP contribution in [0.1, 0.15) is 33.6 Å². The first kappa shape index (κ1) is 11.0. The number of nitrogens with zero attached hydrogens (tertiary/aromatic N) is 1. The molecule has 0 bridgehead atoms. The maximum atomic E-state index is 3.57. The first-order valence-electron chi connectivity index (χ1n) is 5.53. The third-order valence-corrected chi connectivity index (χ3v) is 3.15. The number of hydrogen-bond acceptors (Lipinski definition) is 2. The van der Waals surface area contributed by atoms with E-state index in [-0.39, 0.29) is 0 Å². The van der Waals surface area contributed by atoms with Crippen molar-refractivity contribution >= 4 is 0 Å². The Bertz CT molecular complexity index is 145. The Morgan fingerprint density at radius 2 is 2.15 bits per heavy atom. The largest absolute Gasteiger partial charge is 0.314 e. The average molecular weight is 184 g/mol. The topological polar surface area (TPSA) is 15.3 Å². The normalized spacial score (nSPS) is 29.1. The first-order valence-corrected chi connectivity index (χ1v) is 5.53. The maximum Gasteiger partial charge on any atom is 0.00823 e. The molecule has 0 radical (unpaired) electrons. The lowest BCUT2D eigenvalue weighted by Gasteiger charge is -2.22. The molecule has 1 saturated heterocycles. The van der Waals surface area contributed by atoms with E-state index in [4.69, 9.17) is 0 Å². The van der Waals surface area contributed by atoms with Gasteiger partial charge in [-0.25, -0.2) is 0 Å². The molecular formula is C11H24N2. The molecule has 1 heterocycles. The van der Waals surface area contributed by atoms with Crippen molar-refractivity contribution in [1.29, 1.82) is 0 Å². The number of rotatable bonds is 4. The fourth-order valence-electron chi connectivity index (χ4n) is 1.86. The molecule has 2 heteroatoms. The Labute approximate surface area is 82.7 Å². The molecule has 0 amide bonds. The predicted octanol–water partition coefficient (Wildman–Crippen LogP) is 1.71. The molecule has 0 spiro atoms. The van der Waals surface area contributed by atoms with Crippen LogP contribution in [0.15, 0.2) is 0 Å². The van der Waals surface area contributed by atoms with Crippen molar-refractivity contribution < 1.29 is 0 Å². The van der Waals surface area contributed by atoms with Crippen LogP contribution in [-0.2, 0) is 0 Å². The molecule has 1 aliphatic rings. The monoisotopic (exact) mass is 184 g/mol. The lowest BCUT2D eigenvalue weighted by molar-refractivity contribution is 0.259. The summed E-state index contributed by atoms with van der Waals surface area (Å²) in [6, 6.07) is 1.45. The Hall–Kier alpha value is -0.0800. The van der Waals surface area contributed by atoms with E-state index in [1.54, 1.807) is 0 Å². The smallest absolute Gasteiger partial charge is 0.00823 e. The lowest BCUT2D eigenvalue weighted by atomic mass is 10.1. The van der Waals surface area contributed by atoms with E-state index in [1.807, 2.05) is 0 Å². The van der Waals surface area contributed by atoms with Gasteiger partial charge in [0.1, 0.15) is 0 Å². The first-order chi connectivity index (χ1) is 6.09. The van der Waals surface area contributed by atoms with E-state index in [0.29, 0.717) is 6.04 Å². The zero-order chi connectivity index (χ0) is 9.84. The summed E-state index contributed by atoms with van der Waals surface area (Å²) in [5.41, 5.74) is 0. The highest BCUT2D eigenvalue weighted by Crippen LogP contribution is 2.15. The molecule has 0 aromatic carbocycles. The molecule has 78 valence electrons. The summed E-state index contributed by atoms with van der Waals surface area (Å²) in [4.78, 5) is 2.42. The van der Waals surface area contributed by atoms with Gasteiger partial charge in [-0.05, 0) is 52.7 Å². The van der Waals surface area contributed by atoms with E-state index >= 15 is 0 Å². The van der Waals surface area contributed by atoms with Crippen molar-refractivity contribution in [3.63, 3.8) is 0 Å². The Balaban J connectivity index is 2.12. The molecule has 2 atom stereocenters. The van der Waals surface area contributed by atoms with E-state index < -0.39 is 0 Å². The molecule has 1 N–H and O–H groups in total. The van der Waals surface area contributed by atoms with Crippen LogP contribution in [0.25, 0.3) is 0 Å². The molecule has 2 nitrogen and oxygen atoms in total. The van der Waals surface area contributed by atoms with Crippen LogP contribution in [0.3, 0.4) is 0 Å². The zero-order valence-corrected chi connectivity index (χ0v) is 9.51. The van der Waals surface area contributed by atoms with Crippen LogP contribution in [0.2, 0.25) is 0 Å². The van der Waals surface area contributed by atoms with E-state index in [0.717, 1.165) is 12.0 Å². The minimum absolute atomic E-state index is 0.679. The van der Waals surface area contributed by atoms with Crippen molar-refractivity contribution in [3.05, 3.63) is 0 Å². The third-order valence-electron chi connectivity index (χ3n) is 3.15. The minimum Gasteiger partial charge on any atom is -0.314 e. The molecule has 1 aliphatic heterocycles. The van der Waals surface area contributed by atoms with Crippen LogP contribution in [-0.4, -0.2) is 37.1 Å². The third kappa shape index (κ3) is 3.65. The van der Waals surface area contributed by atoms with Gasteiger partial charge >= 0.3 is 0 Å². The Morgan fingerprint density at radius 3 is 2.62 bits per heavy atom.